The number of rotatable bonds is 5. The molecule has 0 fully saturated rings. The third-order valence-corrected chi connectivity index (χ3v) is 3.72. The van der Waals surface area contributed by atoms with Crippen LogP contribution in [0, 0.1) is 0 Å². The van der Waals surface area contributed by atoms with E-state index in [1.54, 1.807) is 0 Å². The Bertz CT molecular complexity index is 399. The molecule has 0 spiro atoms. The molecule has 0 aliphatic rings. The number of halogens is 1. The highest BCUT2D eigenvalue weighted by atomic mass is 35.5. The Labute approximate surface area is 111 Å². The number of alkyl halides is 1. The Morgan fingerprint density at radius 1 is 1.29 bits per heavy atom. The summed E-state index contributed by atoms with van der Waals surface area (Å²) in [5, 5.41) is 2.87. The number of benzene rings is 1. The molecule has 0 heterocycles. The summed E-state index contributed by atoms with van der Waals surface area (Å²) in [4.78, 5) is 12.8. The third kappa shape index (κ3) is 4.84. The van der Waals surface area contributed by atoms with Gasteiger partial charge in [0.2, 0.25) is 0 Å². The van der Waals surface area contributed by atoms with Crippen molar-refractivity contribution < 1.29 is 4.79 Å². The number of nitrogens with one attached hydrogen (secondary N) is 1. The number of para-hydroxylation sites is 1. The number of hydrogen-bond acceptors (Lipinski definition) is 2. The van der Waals surface area contributed by atoms with Crippen LogP contribution < -0.4 is 5.32 Å². The first kappa shape index (κ1) is 14.1. The largest absolute Gasteiger partial charge is 0.322 e. The number of thioether (sulfide) groups is 1. The molecule has 92 valence electrons. The zero-order valence-electron chi connectivity index (χ0n) is 10.00. The predicted molar refractivity (Wildman–Crippen MR) is 76.6 cm³/mol. The van der Waals surface area contributed by atoms with Gasteiger partial charge in [-0.15, -0.1) is 23.4 Å². The van der Waals surface area contributed by atoms with E-state index in [0.29, 0.717) is 5.88 Å². The van der Waals surface area contributed by atoms with Gasteiger partial charge in [-0.25, -0.2) is 0 Å². The van der Waals surface area contributed by atoms with Crippen LogP contribution in [0.5, 0.6) is 0 Å². The van der Waals surface area contributed by atoms with Crippen molar-refractivity contribution >= 4 is 35.0 Å². The molecule has 0 saturated heterocycles. The molecule has 0 saturated carbocycles. The number of hydrogen-bond donors (Lipinski definition) is 1. The predicted octanol–water partition coefficient (Wildman–Crippen LogP) is 3.89. The fourth-order valence-corrected chi connectivity index (χ4v) is 2.27. The van der Waals surface area contributed by atoms with Crippen LogP contribution in [-0.2, 0) is 4.79 Å². The molecule has 0 atom stereocenters. The second-order valence-electron chi connectivity index (χ2n) is 3.69. The SMILES string of the molecule is CC(C)=C(SCCCl)C(=O)Nc1ccccc1. The van der Waals surface area contributed by atoms with E-state index in [9.17, 15) is 4.79 Å². The van der Waals surface area contributed by atoms with Gasteiger partial charge >= 0.3 is 0 Å². The van der Waals surface area contributed by atoms with Crippen LogP contribution in [0.25, 0.3) is 0 Å². The van der Waals surface area contributed by atoms with Gasteiger partial charge in [0, 0.05) is 17.3 Å². The maximum absolute atomic E-state index is 12.0. The standard InChI is InChI=1S/C13H16ClNOS/c1-10(2)12(17-9-8-14)13(16)15-11-6-4-3-5-7-11/h3-7H,8-9H2,1-2H3,(H,15,16). The molecular weight excluding hydrogens is 254 g/mol. The second-order valence-corrected chi connectivity index (χ2v) is 5.17. The molecule has 0 aromatic heterocycles. The average molecular weight is 270 g/mol. The summed E-state index contributed by atoms with van der Waals surface area (Å²) in [6.45, 7) is 3.86. The van der Waals surface area contributed by atoms with E-state index in [1.807, 2.05) is 44.2 Å². The fourth-order valence-electron chi connectivity index (χ4n) is 1.29. The molecule has 2 nitrogen and oxygen atoms in total. The van der Waals surface area contributed by atoms with Crippen LogP contribution in [-0.4, -0.2) is 17.5 Å². The molecule has 1 rings (SSSR count). The molecule has 17 heavy (non-hydrogen) atoms. The van der Waals surface area contributed by atoms with Crippen LogP contribution in [0.2, 0.25) is 0 Å². The maximum atomic E-state index is 12.0. The number of anilines is 1. The van der Waals surface area contributed by atoms with Gasteiger partial charge in [0.05, 0.1) is 4.91 Å². The molecule has 1 N–H and O–H groups in total. The summed E-state index contributed by atoms with van der Waals surface area (Å²) in [5.41, 5.74) is 1.82. The van der Waals surface area contributed by atoms with Crippen LogP contribution in [0.1, 0.15) is 13.8 Å². The minimum absolute atomic E-state index is 0.0636. The average Bonchev–Trinajstić information content (AvgIpc) is 2.30. The fraction of sp³-hybridized carbons (Fsp3) is 0.308. The van der Waals surface area contributed by atoms with Crippen molar-refractivity contribution in [3.63, 3.8) is 0 Å². The lowest BCUT2D eigenvalue weighted by Gasteiger charge is -2.09. The molecule has 1 amide bonds. The Hall–Kier alpha value is -0.930. The zero-order chi connectivity index (χ0) is 12.7. The highest BCUT2D eigenvalue weighted by Crippen LogP contribution is 2.22. The first-order valence-electron chi connectivity index (χ1n) is 5.37. The smallest absolute Gasteiger partial charge is 0.261 e. The van der Waals surface area contributed by atoms with Crippen molar-refractivity contribution in [2.75, 3.05) is 16.9 Å². The van der Waals surface area contributed by atoms with Gasteiger partial charge in [-0.05, 0) is 26.0 Å². The first-order chi connectivity index (χ1) is 8.15. The second kappa shape index (κ2) is 7.41. The summed E-state index contributed by atoms with van der Waals surface area (Å²) in [5.74, 6) is 1.22. The normalized spacial score (nSPS) is 9.82. The monoisotopic (exact) mass is 269 g/mol. The van der Waals surface area contributed by atoms with Crippen molar-refractivity contribution in [3.05, 3.63) is 40.8 Å². The summed E-state index contributed by atoms with van der Waals surface area (Å²) >= 11 is 7.13. The molecular formula is C13H16ClNOS. The van der Waals surface area contributed by atoms with Crippen molar-refractivity contribution in [3.8, 4) is 0 Å². The lowest BCUT2D eigenvalue weighted by atomic mass is 10.3. The van der Waals surface area contributed by atoms with Crippen LogP contribution in [0.3, 0.4) is 0 Å². The number of carbonyl (C=O) groups excluding carboxylic acids is 1. The number of allylic oxidation sites excluding steroid dienone is 1. The summed E-state index contributed by atoms with van der Waals surface area (Å²) in [7, 11) is 0. The van der Waals surface area contributed by atoms with Gasteiger partial charge in [0.15, 0.2) is 0 Å². The Balaban J connectivity index is 2.70. The molecule has 0 unspecified atom stereocenters. The van der Waals surface area contributed by atoms with Crippen LogP contribution in [0.4, 0.5) is 5.69 Å². The van der Waals surface area contributed by atoms with Crippen molar-refractivity contribution in [2.24, 2.45) is 0 Å². The minimum atomic E-state index is -0.0636. The molecule has 0 aliphatic carbocycles. The zero-order valence-corrected chi connectivity index (χ0v) is 11.6. The quantitative estimate of drug-likeness (QED) is 0.649. The van der Waals surface area contributed by atoms with Crippen LogP contribution >= 0.6 is 23.4 Å². The summed E-state index contributed by atoms with van der Waals surface area (Å²) in [6, 6.07) is 9.44. The van der Waals surface area contributed by atoms with Gasteiger partial charge in [-0.2, -0.15) is 0 Å². The van der Waals surface area contributed by atoms with Crippen molar-refractivity contribution in [1.82, 2.24) is 0 Å². The Morgan fingerprint density at radius 3 is 2.47 bits per heavy atom. The topological polar surface area (TPSA) is 29.1 Å². The number of amides is 1. The lowest BCUT2D eigenvalue weighted by Crippen LogP contribution is -2.14. The third-order valence-electron chi connectivity index (χ3n) is 2.02. The van der Waals surface area contributed by atoms with E-state index in [2.05, 4.69) is 5.32 Å². The summed E-state index contributed by atoms with van der Waals surface area (Å²) < 4.78 is 0. The van der Waals surface area contributed by atoms with E-state index < -0.39 is 0 Å². The van der Waals surface area contributed by atoms with Gasteiger partial charge in [-0.1, -0.05) is 23.8 Å². The Kier molecular flexibility index (Phi) is 6.16. The Morgan fingerprint density at radius 2 is 1.94 bits per heavy atom. The molecule has 0 bridgehead atoms. The summed E-state index contributed by atoms with van der Waals surface area (Å²) in [6.07, 6.45) is 0. The first-order valence-corrected chi connectivity index (χ1v) is 6.89. The minimum Gasteiger partial charge on any atom is -0.322 e. The van der Waals surface area contributed by atoms with Gasteiger partial charge in [-0.3, -0.25) is 4.79 Å². The van der Waals surface area contributed by atoms with E-state index in [1.165, 1.54) is 11.8 Å². The number of carbonyl (C=O) groups is 1. The van der Waals surface area contributed by atoms with E-state index >= 15 is 0 Å². The van der Waals surface area contributed by atoms with Gasteiger partial charge in [0.1, 0.15) is 0 Å². The van der Waals surface area contributed by atoms with Crippen molar-refractivity contribution in [2.45, 2.75) is 13.8 Å². The molecule has 0 radical (unpaired) electrons. The van der Waals surface area contributed by atoms with E-state index in [0.717, 1.165) is 21.9 Å². The molecule has 1 aromatic rings. The van der Waals surface area contributed by atoms with Gasteiger partial charge in [0.25, 0.3) is 5.91 Å². The van der Waals surface area contributed by atoms with Crippen LogP contribution in [0.15, 0.2) is 40.8 Å². The van der Waals surface area contributed by atoms with Gasteiger partial charge < -0.3 is 5.32 Å². The molecule has 1 aromatic carbocycles. The maximum Gasteiger partial charge on any atom is 0.261 e. The highest BCUT2D eigenvalue weighted by Gasteiger charge is 2.11. The molecule has 0 aliphatic heterocycles. The lowest BCUT2D eigenvalue weighted by molar-refractivity contribution is -0.112. The van der Waals surface area contributed by atoms with E-state index in [-0.39, 0.29) is 5.91 Å². The highest BCUT2D eigenvalue weighted by molar-refractivity contribution is 8.04. The molecule has 4 heteroatoms. The van der Waals surface area contributed by atoms with E-state index in [4.69, 9.17) is 11.6 Å². The van der Waals surface area contributed by atoms with Crippen molar-refractivity contribution in [1.29, 1.82) is 0 Å².